The van der Waals surface area contributed by atoms with Crippen LogP contribution in [-0.2, 0) is 16.6 Å². The Bertz CT molecular complexity index is 860. The molecule has 2 aromatic rings. The van der Waals surface area contributed by atoms with E-state index in [1.807, 2.05) is 0 Å². The van der Waals surface area contributed by atoms with Gasteiger partial charge in [0, 0.05) is 44.0 Å². The van der Waals surface area contributed by atoms with Crippen molar-refractivity contribution in [3.8, 4) is 0 Å². The Morgan fingerprint density at radius 1 is 1.31 bits per heavy atom. The van der Waals surface area contributed by atoms with Crippen molar-refractivity contribution in [3.05, 3.63) is 41.8 Å². The van der Waals surface area contributed by atoms with Gasteiger partial charge in [-0.1, -0.05) is 5.16 Å². The fourth-order valence-corrected chi connectivity index (χ4v) is 3.81. The van der Waals surface area contributed by atoms with E-state index in [0.717, 1.165) is 0 Å². The Kier molecular flexibility index (Phi) is 5.33. The van der Waals surface area contributed by atoms with Gasteiger partial charge in [0.25, 0.3) is 5.91 Å². The van der Waals surface area contributed by atoms with Crippen LogP contribution >= 0.6 is 0 Å². The summed E-state index contributed by atoms with van der Waals surface area (Å²) in [4.78, 5) is 22.1. The minimum absolute atomic E-state index is 0.0618. The van der Waals surface area contributed by atoms with Crippen molar-refractivity contribution in [3.63, 3.8) is 0 Å². The number of sulfonamides is 1. The largest absolute Gasteiger partial charge is 0.337 e. The van der Waals surface area contributed by atoms with Gasteiger partial charge < -0.3 is 9.42 Å². The number of hydrogen-bond donors (Lipinski definition) is 0. The minimum atomic E-state index is -3.16. The van der Waals surface area contributed by atoms with Gasteiger partial charge in [0.05, 0.1) is 12.8 Å². The van der Waals surface area contributed by atoms with Crippen LogP contribution in [0.5, 0.6) is 0 Å². The van der Waals surface area contributed by atoms with Crippen LogP contribution in [0, 0.1) is 0 Å². The second-order valence-corrected chi connectivity index (χ2v) is 8.36. The van der Waals surface area contributed by atoms with Gasteiger partial charge in [-0.25, -0.2) is 12.7 Å². The summed E-state index contributed by atoms with van der Waals surface area (Å²) in [5, 5.41) is 4.01. The molecule has 9 nitrogen and oxygen atoms in total. The van der Waals surface area contributed by atoms with E-state index in [1.165, 1.54) is 15.5 Å². The quantitative estimate of drug-likeness (QED) is 0.758. The summed E-state index contributed by atoms with van der Waals surface area (Å²) in [6.45, 7) is 1.11. The van der Waals surface area contributed by atoms with Crippen molar-refractivity contribution < 1.29 is 17.7 Å². The molecule has 3 heterocycles. The van der Waals surface area contributed by atoms with Gasteiger partial charge in [0.1, 0.15) is 0 Å². The highest BCUT2D eigenvalue weighted by Crippen LogP contribution is 2.27. The molecule has 0 N–H and O–H groups in total. The number of amides is 1. The Labute approximate surface area is 152 Å². The number of carbonyl (C=O) groups excluding carboxylic acids is 1. The van der Waals surface area contributed by atoms with E-state index in [2.05, 4.69) is 15.1 Å². The smallest absolute Gasteiger partial charge is 0.254 e. The number of nitrogens with zero attached hydrogens (tertiary/aromatic N) is 5. The van der Waals surface area contributed by atoms with E-state index in [9.17, 15) is 13.2 Å². The molecule has 2 aromatic heterocycles. The lowest BCUT2D eigenvalue weighted by Crippen LogP contribution is -2.37. The van der Waals surface area contributed by atoms with Crippen LogP contribution in [0.2, 0.25) is 0 Å². The molecule has 0 aliphatic carbocycles. The maximum Gasteiger partial charge on any atom is 0.254 e. The second-order valence-electron chi connectivity index (χ2n) is 6.38. The lowest BCUT2D eigenvalue weighted by molar-refractivity contribution is 0.0769. The van der Waals surface area contributed by atoms with Gasteiger partial charge in [0.2, 0.25) is 15.9 Å². The summed E-state index contributed by atoms with van der Waals surface area (Å²) in [7, 11) is -1.49. The van der Waals surface area contributed by atoms with Crippen molar-refractivity contribution in [2.24, 2.45) is 0 Å². The first kappa shape index (κ1) is 18.5. The van der Waals surface area contributed by atoms with Crippen molar-refractivity contribution in [1.29, 1.82) is 0 Å². The third-order valence-corrected chi connectivity index (χ3v) is 5.72. The van der Waals surface area contributed by atoms with Crippen LogP contribution in [0.25, 0.3) is 0 Å². The van der Waals surface area contributed by atoms with Gasteiger partial charge in [-0.05, 0) is 25.0 Å². The van der Waals surface area contributed by atoms with E-state index in [-0.39, 0.29) is 18.4 Å². The molecule has 10 heteroatoms. The van der Waals surface area contributed by atoms with Crippen LogP contribution in [0.1, 0.15) is 40.8 Å². The average molecular weight is 379 g/mol. The van der Waals surface area contributed by atoms with E-state index in [1.54, 1.807) is 31.6 Å². The van der Waals surface area contributed by atoms with Crippen LogP contribution < -0.4 is 0 Å². The normalized spacial score (nSPS) is 16.5. The summed E-state index contributed by atoms with van der Waals surface area (Å²) in [6.07, 6.45) is 5.65. The Morgan fingerprint density at radius 2 is 1.96 bits per heavy atom. The first-order chi connectivity index (χ1) is 12.3. The molecule has 26 heavy (non-hydrogen) atoms. The van der Waals surface area contributed by atoms with Crippen LogP contribution in [0.15, 0.2) is 29.0 Å². The third-order valence-electron chi connectivity index (χ3n) is 4.42. The van der Waals surface area contributed by atoms with E-state index in [4.69, 9.17) is 4.52 Å². The monoisotopic (exact) mass is 379 g/mol. The van der Waals surface area contributed by atoms with Gasteiger partial charge in [-0.3, -0.25) is 9.78 Å². The fourth-order valence-electron chi connectivity index (χ4n) is 2.93. The van der Waals surface area contributed by atoms with Crippen molar-refractivity contribution in [2.45, 2.75) is 25.3 Å². The first-order valence-electron chi connectivity index (χ1n) is 8.27. The Hall–Kier alpha value is -2.33. The predicted octanol–water partition coefficient (Wildman–Crippen LogP) is 0.876. The molecule has 1 fully saturated rings. The van der Waals surface area contributed by atoms with Gasteiger partial charge in [-0.2, -0.15) is 4.98 Å². The second kappa shape index (κ2) is 7.50. The lowest BCUT2D eigenvalue weighted by Gasteiger charge is -2.28. The van der Waals surface area contributed by atoms with E-state index >= 15 is 0 Å². The lowest BCUT2D eigenvalue weighted by atomic mass is 9.98. The van der Waals surface area contributed by atoms with Gasteiger partial charge >= 0.3 is 0 Å². The summed E-state index contributed by atoms with van der Waals surface area (Å²) >= 11 is 0. The van der Waals surface area contributed by atoms with Crippen LogP contribution in [0.4, 0.5) is 0 Å². The number of hydrogen-bond acceptors (Lipinski definition) is 7. The average Bonchev–Trinajstić information content (AvgIpc) is 3.09. The maximum absolute atomic E-state index is 12.3. The molecule has 0 atom stereocenters. The third kappa shape index (κ3) is 4.25. The predicted molar refractivity (Wildman–Crippen MR) is 92.7 cm³/mol. The molecular weight excluding hydrogens is 358 g/mol. The SMILES string of the molecule is CN(Cc1nc(C2CCN(S(C)(=O)=O)CC2)no1)C(=O)c1ccncc1. The molecule has 3 rings (SSSR count). The fraction of sp³-hybridized carbons (Fsp3) is 0.500. The van der Waals surface area contributed by atoms with Crippen molar-refractivity contribution in [1.82, 2.24) is 24.3 Å². The molecule has 1 saturated heterocycles. The summed E-state index contributed by atoms with van der Waals surface area (Å²) < 4.78 is 29.9. The highest BCUT2D eigenvalue weighted by atomic mass is 32.2. The number of pyridine rings is 1. The molecule has 0 aromatic carbocycles. The van der Waals surface area contributed by atoms with Crippen molar-refractivity contribution >= 4 is 15.9 Å². The molecule has 0 bridgehead atoms. The van der Waals surface area contributed by atoms with Gasteiger partial charge in [0.15, 0.2) is 5.82 Å². The van der Waals surface area contributed by atoms with Crippen LogP contribution in [-0.4, -0.2) is 65.0 Å². The number of piperidine rings is 1. The van der Waals surface area contributed by atoms with Crippen LogP contribution in [0.3, 0.4) is 0 Å². The molecule has 140 valence electrons. The minimum Gasteiger partial charge on any atom is -0.337 e. The Morgan fingerprint density at radius 3 is 2.58 bits per heavy atom. The molecule has 1 amide bonds. The van der Waals surface area contributed by atoms with Gasteiger partial charge in [-0.15, -0.1) is 0 Å². The molecule has 1 aliphatic rings. The number of rotatable bonds is 5. The summed E-state index contributed by atoms with van der Waals surface area (Å²) in [5.41, 5.74) is 0.537. The van der Waals surface area contributed by atoms with Crippen molar-refractivity contribution in [2.75, 3.05) is 26.4 Å². The number of carbonyl (C=O) groups is 1. The zero-order chi connectivity index (χ0) is 18.7. The highest BCUT2D eigenvalue weighted by Gasteiger charge is 2.28. The molecule has 1 aliphatic heterocycles. The summed E-state index contributed by atoms with van der Waals surface area (Å²) in [6, 6.07) is 3.29. The first-order valence-corrected chi connectivity index (χ1v) is 10.1. The molecule has 0 saturated carbocycles. The molecule has 0 unspecified atom stereocenters. The molecular formula is C16H21N5O4S. The maximum atomic E-state index is 12.3. The topological polar surface area (TPSA) is 110 Å². The number of aromatic nitrogens is 3. The standard InChI is InChI=1S/C16H21N5O4S/c1-20(16(22)13-3-7-17-8-4-13)11-14-18-15(19-25-14)12-5-9-21(10-6-12)26(2,23)24/h3-4,7-8,12H,5-6,9-11H2,1-2H3. The van der Waals surface area contributed by atoms with E-state index < -0.39 is 10.0 Å². The molecule has 0 spiro atoms. The zero-order valence-electron chi connectivity index (χ0n) is 14.7. The molecule has 0 radical (unpaired) electrons. The van der Waals surface area contributed by atoms with E-state index in [0.29, 0.717) is 43.2 Å². The Balaban J connectivity index is 1.59. The summed E-state index contributed by atoms with van der Waals surface area (Å²) in [5.74, 6) is 0.827. The zero-order valence-corrected chi connectivity index (χ0v) is 15.5. The highest BCUT2D eigenvalue weighted by molar-refractivity contribution is 7.88.